The summed E-state index contributed by atoms with van der Waals surface area (Å²) in [6, 6.07) is 6.48. The molecule has 1 aromatic heterocycles. The molecular weight excluding hydrogens is 344 g/mol. The highest BCUT2D eigenvalue weighted by atomic mass is 32.2. The van der Waals surface area contributed by atoms with Gasteiger partial charge in [-0.1, -0.05) is 6.92 Å². The summed E-state index contributed by atoms with van der Waals surface area (Å²) in [5.41, 5.74) is 1.08. The minimum atomic E-state index is -3.17. The first-order valence-corrected chi connectivity index (χ1v) is 10.7. The van der Waals surface area contributed by atoms with E-state index in [1.165, 1.54) is 11.3 Å². The van der Waals surface area contributed by atoms with E-state index in [1.54, 1.807) is 35.6 Å². The Bertz CT molecular complexity index is 791. The second-order valence-electron chi connectivity index (χ2n) is 6.49. The van der Waals surface area contributed by atoms with E-state index in [1.807, 2.05) is 5.38 Å². The van der Waals surface area contributed by atoms with Crippen LogP contribution in [-0.4, -0.2) is 32.7 Å². The Hall–Kier alpha value is -1.44. The molecule has 0 saturated carbocycles. The van der Waals surface area contributed by atoms with Gasteiger partial charge in [0.15, 0.2) is 9.84 Å². The minimum absolute atomic E-state index is 0.158. The maximum absolute atomic E-state index is 11.5. The van der Waals surface area contributed by atoms with E-state index in [9.17, 15) is 8.42 Å². The maximum Gasteiger partial charge on any atom is 0.175 e. The summed E-state index contributed by atoms with van der Waals surface area (Å²) < 4.78 is 28.6. The fourth-order valence-electron chi connectivity index (χ4n) is 2.78. The van der Waals surface area contributed by atoms with E-state index in [4.69, 9.17) is 9.72 Å². The first-order chi connectivity index (χ1) is 11.4. The van der Waals surface area contributed by atoms with Crippen LogP contribution >= 0.6 is 11.3 Å². The van der Waals surface area contributed by atoms with E-state index >= 15 is 0 Å². The van der Waals surface area contributed by atoms with Crippen LogP contribution in [0.4, 0.5) is 0 Å². The molecule has 0 spiro atoms. The van der Waals surface area contributed by atoms with Gasteiger partial charge in [-0.25, -0.2) is 13.4 Å². The second-order valence-corrected chi connectivity index (χ2v) is 9.36. The highest BCUT2D eigenvalue weighted by molar-refractivity contribution is 7.90. The van der Waals surface area contributed by atoms with Gasteiger partial charge < -0.3 is 10.1 Å². The van der Waals surface area contributed by atoms with Crippen molar-refractivity contribution in [2.75, 3.05) is 19.3 Å². The molecule has 2 heterocycles. The zero-order valence-corrected chi connectivity index (χ0v) is 15.5. The number of hydrogen-bond acceptors (Lipinski definition) is 6. The van der Waals surface area contributed by atoms with Gasteiger partial charge in [0.05, 0.1) is 15.6 Å². The van der Waals surface area contributed by atoms with Gasteiger partial charge in [-0.2, -0.15) is 0 Å². The Kier molecular flexibility index (Phi) is 4.94. The molecule has 2 aromatic rings. The lowest BCUT2D eigenvalue weighted by Crippen LogP contribution is -2.37. The van der Waals surface area contributed by atoms with Crippen LogP contribution in [0.2, 0.25) is 0 Å². The molecule has 0 atom stereocenters. The van der Waals surface area contributed by atoms with Gasteiger partial charge >= 0.3 is 0 Å². The highest BCUT2D eigenvalue weighted by Gasteiger charge is 2.31. The van der Waals surface area contributed by atoms with Gasteiger partial charge in [-0.05, 0) is 50.2 Å². The molecule has 0 aliphatic carbocycles. The van der Waals surface area contributed by atoms with E-state index in [-0.39, 0.29) is 5.41 Å². The quantitative estimate of drug-likeness (QED) is 0.881. The van der Waals surface area contributed by atoms with Crippen LogP contribution < -0.4 is 10.1 Å². The fraction of sp³-hybridized carbons (Fsp3) is 0.471. The Morgan fingerprint density at radius 1 is 1.25 bits per heavy atom. The Balaban J connectivity index is 1.63. The summed E-state index contributed by atoms with van der Waals surface area (Å²) in [4.78, 5) is 5.04. The zero-order valence-electron chi connectivity index (χ0n) is 13.9. The molecule has 1 aliphatic heterocycles. The number of nitrogens with zero attached hydrogens (tertiary/aromatic N) is 1. The van der Waals surface area contributed by atoms with Crippen molar-refractivity contribution in [3.8, 4) is 5.75 Å². The lowest BCUT2D eigenvalue weighted by Gasteiger charge is -2.31. The topological polar surface area (TPSA) is 68.3 Å². The molecule has 1 saturated heterocycles. The lowest BCUT2D eigenvalue weighted by atomic mass is 9.82. The Morgan fingerprint density at radius 3 is 2.54 bits per heavy atom. The third kappa shape index (κ3) is 3.96. The molecular formula is C17H22N2O3S2. The normalized spacial score (nSPS) is 17.6. The number of ether oxygens (including phenoxy) is 1. The molecule has 1 N–H and O–H groups in total. The Labute approximate surface area is 147 Å². The van der Waals surface area contributed by atoms with E-state index in [0.717, 1.165) is 31.6 Å². The minimum Gasteiger partial charge on any atom is -0.487 e. The molecule has 0 unspecified atom stereocenters. The summed E-state index contributed by atoms with van der Waals surface area (Å²) in [7, 11) is -3.17. The molecule has 7 heteroatoms. The molecule has 1 aliphatic rings. The number of thiazole rings is 1. The van der Waals surface area contributed by atoms with Gasteiger partial charge in [0, 0.05) is 17.1 Å². The second kappa shape index (κ2) is 6.82. The number of aromatic nitrogens is 1. The number of piperidine rings is 1. The number of sulfone groups is 1. The number of nitrogens with one attached hydrogen (secondary N) is 1. The van der Waals surface area contributed by atoms with Gasteiger partial charge in [0.25, 0.3) is 0 Å². The molecule has 130 valence electrons. The van der Waals surface area contributed by atoms with Crippen molar-refractivity contribution < 1.29 is 13.2 Å². The first-order valence-electron chi connectivity index (χ1n) is 7.95. The largest absolute Gasteiger partial charge is 0.487 e. The predicted molar refractivity (Wildman–Crippen MR) is 95.5 cm³/mol. The van der Waals surface area contributed by atoms with Crippen LogP contribution in [0.3, 0.4) is 0 Å². The lowest BCUT2D eigenvalue weighted by molar-refractivity contribution is 0.298. The predicted octanol–water partition coefficient (Wildman–Crippen LogP) is 2.77. The molecule has 0 amide bonds. The van der Waals surface area contributed by atoms with Crippen molar-refractivity contribution in [1.82, 2.24) is 10.3 Å². The van der Waals surface area contributed by atoms with E-state index < -0.39 is 9.84 Å². The number of rotatable bonds is 5. The average Bonchev–Trinajstić information content (AvgIpc) is 3.03. The third-order valence-electron chi connectivity index (χ3n) is 4.41. The van der Waals surface area contributed by atoms with Crippen molar-refractivity contribution in [1.29, 1.82) is 0 Å². The molecule has 3 rings (SSSR count). The van der Waals surface area contributed by atoms with Gasteiger partial charge in [0.2, 0.25) is 0 Å². The maximum atomic E-state index is 11.5. The van der Waals surface area contributed by atoms with Crippen LogP contribution in [0.5, 0.6) is 5.75 Å². The summed E-state index contributed by atoms with van der Waals surface area (Å²) in [6.45, 7) is 4.74. The summed E-state index contributed by atoms with van der Waals surface area (Å²) in [5.74, 6) is 0.644. The monoisotopic (exact) mass is 366 g/mol. The van der Waals surface area contributed by atoms with Crippen LogP contribution in [0, 0.1) is 0 Å². The van der Waals surface area contributed by atoms with Gasteiger partial charge in [0.1, 0.15) is 12.4 Å². The van der Waals surface area contributed by atoms with Crippen molar-refractivity contribution in [2.24, 2.45) is 0 Å². The zero-order chi connectivity index (χ0) is 17.2. The van der Waals surface area contributed by atoms with Crippen molar-refractivity contribution in [3.63, 3.8) is 0 Å². The molecule has 0 bridgehead atoms. The van der Waals surface area contributed by atoms with Gasteiger partial charge in [-0.3, -0.25) is 0 Å². The third-order valence-corrected chi connectivity index (χ3v) is 6.74. The summed E-state index contributed by atoms with van der Waals surface area (Å²) in [6.07, 6.45) is 3.41. The van der Waals surface area contributed by atoms with Crippen molar-refractivity contribution >= 4 is 21.2 Å². The van der Waals surface area contributed by atoms with Crippen LogP contribution in [0.15, 0.2) is 34.5 Å². The fourth-order valence-corrected chi connectivity index (χ4v) is 4.44. The van der Waals surface area contributed by atoms with Crippen molar-refractivity contribution in [3.05, 3.63) is 40.3 Å². The van der Waals surface area contributed by atoms with E-state index in [2.05, 4.69) is 12.2 Å². The summed E-state index contributed by atoms with van der Waals surface area (Å²) >= 11 is 1.70. The Morgan fingerprint density at radius 2 is 1.92 bits per heavy atom. The molecule has 24 heavy (non-hydrogen) atoms. The van der Waals surface area contributed by atoms with Crippen LogP contribution in [0.1, 0.15) is 30.5 Å². The molecule has 1 aromatic carbocycles. The standard InChI is InChI=1S/C17H22N2O3S2/c1-17(7-9-18-10-8-17)16-19-13(12-23-16)11-22-14-3-5-15(6-4-14)24(2,20)21/h3-6,12,18H,7-11H2,1-2H3. The SMILES string of the molecule is CC1(c2nc(COc3ccc(S(C)(=O)=O)cc3)cs2)CCNCC1. The molecule has 1 fully saturated rings. The van der Waals surface area contributed by atoms with Gasteiger partial charge in [-0.15, -0.1) is 11.3 Å². The average molecular weight is 367 g/mol. The highest BCUT2D eigenvalue weighted by Crippen LogP contribution is 2.34. The van der Waals surface area contributed by atoms with Crippen molar-refractivity contribution in [2.45, 2.75) is 36.7 Å². The molecule has 0 radical (unpaired) electrons. The van der Waals surface area contributed by atoms with Crippen LogP contribution in [0.25, 0.3) is 0 Å². The van der Waals surface area contributed by atoms with Crippen LogP contribution in [-0.2, 0) is 21.9 Å². The smallest absolute Gasteiger partial charge is 0.175 e. The molecule has 5 nitrogen and oxygen atoms in total. The number of benzene rings is 1. The number of hydrogen-bond donors (Lipinski definition) is 1. The first kappa shape index (κ1) is 17.4. The van der Waals surface area contributed by atoms with E-state index in [0.29, 0.717) is 17.3 Å². The summed E-state index contributed by atoms with van der Waals surface area (Å²) in [5, 5.41) is 6.61.